The Hall–Kier alpha value is -2.98. The zero-order chi connectivity index (χ0) is 19.4. The van der Waals surface area contributed by atoms with Crippen LogP contribution in [0.2, 0.25) is 0 Å². The lowest BCUT2D eigenvalue weighted by atomic mass is 10.2. The predicted octanol–water partition coefficient (Wildman–Crippen LogP) is 2.15. The van der Waals surface area contributed by atoms with Gasteiger partial charge < -0.3 is 14.3 Å². The number of aromatic nitrogens is 2. The van der Waals surface area contributed by atoms with Crippen molar-refractivity contribution in [2.24, 2.45) is 0 Å². The van der Waals surface area contributed by atoms with Crippen LogP contribution in [0.4, 0.5) is 5.69 Å². The van der Waals surface area contributed by atoms with Crippen LogP contribution in [0.5, 0.6) is 0 Å². The van der Waals surface area contributed by atoms with Gasteiger partial charge in [-0.25, -0.2) is 12.7 Å². The van der Waals surface area contributed by atoms with Crippen molar-refractivity contribution in [2.45, 2.75) is 17.7 Å². The van der Waals surface area contributed by atoms with E-state index in [0.29, 0.717) is 23.2 Å². The number of anilines is 1. The third kappa shape index (κ3) is 4.41. The van der Waals surface area contributed by atoms with Crippen LogP contribution in [-0.2, 0) is 21.2 Å². The van der Waals surface area contributed by atoms with E-state index in [0.717, 1.165) is 4.31 Å². The lowest BCUT2D eigenvalue weighted by Gasteiger charge is -2.12. The molecule has 1 N–H and O–H groups in total. The van der Waals surface area contributed by atoms with Crippen molar-refractivity contribution < 1.29 is 22.2 Å². The van der Waals surface area contributed by atoms with E-state index in [2.05, 4.69) is 15.5 Å². The van der Waals surface area contributed by atoms with E-state index in [1.165, 1.54) is 32.5 Å². The minimum absolute atomic E-state index is 0.102. The summed E-state index contributed by atoms with van der Waals surface area (Å²) in [6.07, 6.45) is 1.85. The number of rotatable bonds is 7. The number of hydrogen-bond donors (Lipinski definition) is 1. The lowest BCUT2D eigenvalue weighted by Crippen LogP contribution is -2.22. The summed E-state index contributed by atoms with van der Waals surface area (Å²) < 4.78 is 35.7. The molecule has 2 heterocycles. The number of sulfonamides is 1. The molecule has 10 heteroatoms. The summed E-state index contributed by atoms with van der Waals surface area (Å²) in [5.41, 5.74) is 0.393. The molecule has 0 bridgehead atoms. The number of hydrogen-bond acceptors (Lipinski definition) is 7. The molecule has 0 radical (unpaired) electrons. The summed E-state index contributed by atoms with van der Waals surface area (Å²) in [7, 11) is -0.677. The molecule has 3 rings (SSSR count). The molecule has 0 spiro atoms. The van der Waals surface area contributed by atoms with Gasteiger partial charge in [-0.15, -0.1) is 0 Å². The normalized spacial score (nSPS) is 11.7. The van der Waals surface area contributed by atoms with Crippen LogP contribution in [0, 0.1) is 0 Å². The summed E-state index contributed by atoms with van der Waals surface area (Å²) >= 11 is 0. The molecule has 27 heavy (non-hydrogen) atoms. The number of benzene rings is 1. The van der Waals surface area contributed by atoms with Crippen LogP contribution in [0.1, 0.15) is 12.3 Å². The summed E-state index contributed by atoms with van der Waals surface area (Å²) in [6, 6.07) is 9.49. The first kappa shape index (κ1) is 18.8. The van der Waals surface area contributed by atoms with E-state index in [1.54, 1.807) is 24.3 Å². The first-order chi connectivity index (χ1) is 12.9. The van der Waals surface area contributed by atoms with E-state index in [9.17, 15) is 13.2 Å². The molecule has 9 nitrogen and oxygen atoms in total. The molecule has 0 fully saturated rings. The molecule has 0 saturated heterocycles. The fraction of sp³-hybridized carbons (Fsp3) is 0.235. The summed E-state index contributed by atoms with van der Waals surface area (Å²) in [6.45, 7) is 0. The minimum atomic E-state index is -3.57. The highest BCUT2D eigenvalue weighted by atomic mass is 32.2. The Morgan fingerprint density at radius 1 is 1.22 bits per heavy atom. The van der Waals surface area contributed by atoms with E-state index in [1.807, 2.05) is 0 Å². The Bertz CT molecular complexity index is 1030. The van der Waals surface area contributed by atoms with Gasteiger partial charge in [0.25, 0.3) is 0 Å². The highest BCUT2D eigenvalue weighted by Crippen LogP contribution is 2.19. The molecule has 1 amide bonds. The molecule has 0 aliphatic rings. The molecule has 0 unspecified atom stereocenters. The van der Waals surface area contributed by atoms with Crippen LogP contribution in [0.3, 0.4) is 0 Å². The number of amides is 1. The zero-order valence-corrected chi connectivity index (χ0v) is 15.6. The standard InChI is InChI=1S/C17H18N4O5S/c1-21(2)27(23,24)13-6-3-5-12(11-13)18-15(22)8-9-16-19-17(20-26-16)14-7-4-10-25-14/h3-7,10-11H,8-9H2,1-2H3,(H,18,22). The van der Waals surface area contributed by atoms with Crippen molar-refractivity contribution in [1.29, 1.82) is 0 Å². The van der Waals surface area contributed by atoms with Gasteiger partial charge in [0.1, 0.15) is 0 Å². The number of carbonyl (C=O) groups is 1. The van der Waals surface area contributed by atoms with Gasteiger partial charge in [-0.3, -0.25) is 4.79 Å². The second kappa shape index (κ2) is 7.72. The van der Waals surface area contributed by atoms with Gasteiger partial charge in [-0.2, -0.15) is 4.98 Å². The average Bonchev–Trinajstić information content (AvgIpc) is 3.31. The lowest BCUT2D eigenvalue weighted by molar-refractivity contribution is -0.116. The monoisotopic (exact) mass is 390 g/mol. The topological polar surface area (TPSA) is 119 Å². The Morgan fingerprint density at radius 3 is 2.74 bits per heavy atom. The Balaban J connectivity index is 1.60. The van der Waals surface area contributed by atoms with E-state index >= 15 is 0 Å². The summed E-state index contributed by atoms with van der Waals surface area (Å²) in [5, 5.41) is 6.46. The maximum Gasteiger partial charge on any atom is 0.242 e. The first-order valence-electron chi connectivity index (χ1n) is 8.05. The largest absolute Gasteiger partial charge is 0.461 e. The Morgan fingerprint density at radius 2 is 2.04 bits per heavy atom. The smallest absolute Gasteiger partial charge is 0.242 e. The molecule has 0 aliphatic heterocycles. The maximum atomic E-state index is 12.2. The Kier molecular flexibility index (Phi) is 5.38. The van der Waals surface area contributed by atoms with Crippen molar-refractivity contribution in [3.8, 4) is 11.6 Å². The second-order valence-electron chi connectivity index (χ2n) is 5.85. The van der Waals surface area contributed by atoms with Gasteiger partial charge in [0, 0.05) is 32.6 Å². The van der Waals surface area contributed by atoms with Gasteiger partial charge >= 0.3 is 0 Å². The molecule has 0 atom stereocenters. The molecule has 3 aromatic rings. The molecule has 0 aliphatic carbocycles. The highest BCUT2D eigenvalue weighted by molar-refractivity contribution is 7.89. The number of nitrogens with zero attached hydrogens (tertiary/aromatic N) is 3. The molecule has 142 valence electrons. The van der Waals surface area contributed by atoms with Crippen LogP contribution in [0.25, 0.3) is 11.6 Å². The zero-order valence-electron chi connectivity index (χ0n) is 14.7. The van der Waals surface area contributed by atoms with Crippen LogP contribution < -0.4 is 5.32 Å². The molecule has 1 aromatic carbocycles. The molecule has 2 aromatic heterocycles. The van der Waals surface area contributed by atoms with E-state index in [-0.39, 0.29) is 23.6 Å². The van der Waals surface area contributed by atoms with Crippen LogP contribution >= 0.6 is 0 Å². The number of carbonyl (C=O) groups excluding carboxylic acids is 1. The minimum Gasteiger partial charge on any atom is -0.461 e. The molecule has 0 saturated carbocycles. The summed E-state index contributed by atoms with van der Waals surface area (Å²) in [4.78, 5) is 16.4. The third-order valence-corrected chi connectivity index (χ3v) is 5.48. The van der Waals surface area contributed by atoms with Gasteiger partial charge in [-0.05, 0) is 30.3 Å². The predicted molar refractivity (Wildman–Crippen MR) is 96.3 cm³/mol. The summed E-state index contributed by atoms with van der Waals surface area (Å²) in [5.74, 6) is 0.804. The fourth-order valence-electron chi connectivity index (χ4n) is 2.25. The van der Waals surface area contributed by atoms with Crippen molar-refractivity contribution in [1.82, 2.24) is 14.4 Å². The number of aryl methyl sites for hydroxylation is 1. The quantitative estimate of drug-likeness (QED) is 0.656. The third-order valence-electron chi connectivity index (χ3n) is 3.67. The SMILES string of the molecule is CN(C)S(=O)(=O)c1cccc(NC(=O)CCc2nc(-c3ccco3)no2)c1. The van der Waals surface area contributed by atoms with Crippen molar-refractivity contribution >= 4 is 21.6 Å². The molecular weight excluding hydrogens is 372 g/mol. The van der Waals surface area contributed by atoms with Crippen molar-refractivity contribution in [2.75, 3.05) is 19.4 Å². The maximum absolute atomic E-state index is 12.2. The fourth-order valence-corrected chi connectivity index (χ4v) is 3.20. The molecular formula is C17H18N4O5S. The Labute approximate surface area is 156 Å². The van der Waals surface area contributed by atoms with Gasteiger partial charge in [0.05, 0.1) is 11.2 Å². The first-order valence-corrected chi connectivity index (χ1v) is 9.49. The van der Waals surface area contributed by atoms with Gasteiger partial charge in [0.2, 0.25) is 27.6 Å². The van der Waals surface area contributed by atoms with E-state index < -0.39 is 10.0 Å². The number of furan rings is 1. The second-order valence-corrected chi connectivity index (χ2v) is 8.00. The van der Waals surface area contributed by atoms with E-state index in [4.69, 9.17) is 8.94 Å². The van der Waals surface area contributed by atoms with Crippen molar-refractivity contribution in [3.05, 3.63) is 48.6 Å². The highest BCUT2D eigenvalue weighted by Gasteiger charge is 2.18. The van der Waals surface area contributed by atoms with Gasteiger partial charge in [0.15, 0.2) is 5.76 Å². The van der Waals surface area contributed by atoms with Crippen molar-refractivity contribution in [3.63, 3.8) is 0 Å². The number of nitrogens with one attached hydrogen (secondary N) is 1. The average molecular weight is 390 g/mol. The van der Waals surface area contributed by atoms with Gasteiger partial charge in [-0.1, -0.05) is 11.2 Å². The van der Waals surface area contributed by atoms with Crippen LogP contribution in [-0.4, -0.2) is 42.9 Å². The van der Waals surface area contributed by atoms with Crippen LogP contribution in [0.15, 0.2) is 56.5 Å².